The van der Waals surface area contributed by atoms with Gasteiger partial charge in [0.05, 0.1) is 6.10 Å². The van der Waals surface area contributed by atoms with E-state index in [4.69, 9.17) is 4.74 Å². The summed E-state index contributed by atoms with van der Waals surface area (Å²) < 4.78 is 20.0. The van der Waals surface area contributed by atoms with E-state index < -0.39 is 0 Å². The van der Waals surface area contributed by atoms with Crippen LogP contribution in [0.1, 0.15) is 38.7 Å². The predicted molar refractivity (Wildman–Crippen MR) is 75.8 cm³/mol. The Morgan fingerprint density at radius 2 is 1.89 bits per heavy atom. The van der Waals surface area contributed by atoms with Gasteiger partial charge in [-0.05, 0) is 44.2 Å². The van der Waals surface area contributed by atoms with Crippen molar-refractivity contribution in [2.45, 2.75) is 45.8 Å². The Hall–Kier alpha value is -1.09. The van der Waals surface area contributed by atoms with Crippen LogP contribution < -0.4 is 10.1 Å². The summed E-state index contributed by atoms with van der Waals surface area (Å²) in [4.78, 5) is 0. The number of rotatable bonds is 4. The Balaban J connectivity index is 2.13. The minimum absolute atomic E-state index is 0.145. The SMILES string of the molecule is CNCc1cccc(F)c1OC1CC(C)CC(C)C1. The van der Waals surface area contributed by atoms with Crippen LogP contribution >= 0.6 is 0 Å². The van der Waals surface area contributed by atoms with Gasteiger partial charge in [-0.3, -0.25) is 0 Å². The van der Waals surface area contributed by atoms with Gasteiger partial charge in [-0.15, -0.1) is 0 Å². The molecule has 1 saturated carbocycles. The van der Waals surface area contributed by atoms with Gasteiger partial charge in [-0.1, -0.05) is 26.0 Å². The van der Waals surface area contributed by atoms with Crippen LogP contribution in [0.5, 0.6) is 5.75 Å². The summed E-state index contributed by atoms with van der Waals surface area (Å²) in [5.74, 6) is 1.50. The number of benzene rings is 1. The Bertz CT molecular complexity index is 411. The van der Waals surface area contributed by atoms with E-state index in [0.29, 0.717) is 24.1 Å². The number of ether oxygens (including phenoxy) is 1. The van der Waals surface area contributed by atoms with Crippen LogP contribution in [0.25, 0.3) is 0 Å². The van der Waals surface area contributed by atoms with E-state index in [1.807, 2.05) is 13.1 Å². The average molecular weight is 265 g/mol. The highest BCUT2D eigenvalue weighted by Crippen LogP contribution is 2.33. The predicted octanol–water partition coefficient (Wildman–Crippen LogP) is 3.75. The molecule has 0 bridgehead atoms. The lowest BCUT2D eigenvalue weighted by molar-refractivity contribution is 0.0959. The lowest BCUT2D eigenvalue weighted by Crippen LogP contribution is -2.29. The number of nitrogens with one attached hydrogen (secondary N) is 1. The summed E-state index contributed by atoms with van der Waals surface area (Å²) in [6.07, 6.45) is 3.45. The van der Waals surface area contributed by atoms with Crippen LogP contribution in [-0.4, -0.2) is 13.2 Å². The summed E-state index contributed by atoms with van der Waals surface area (Å²) in [7, 11) is 1.86. The van der Waals surface area contributed by atoms with Crippen molar-refractivity contribution in [3.8, 4) is 5.75 Å². The first-order valence-corrected chi connectivity index (χ1v) is 7.18. The van der Waals surface area contributed by atoms with Crippen molar-refractivity contribution < 1.29 is 9.13 Å². The Morgan fingerprint density at radius 1 is 1.21 bits per heavy atom. The number of hydrogen-bond acceptors (Lipinski definition) is 2. The minimum Gasteiger partial charge on any atom is -0.487 e. The van der Waals surface area contributed by atoms with Crippen LogP contribution in [0, 0.1) is 17.7 Å². The van der Waals surface area contributed by atoms with Crippen molar-refractivity contribution >= 4 is 0 Å². The van der Waals surface area contributed by atoms with Crippen LogP contribution in [0.15, 0.2) is 18.2 Å². The van der Waals surface area contributed by atoms with Gasteiger partial charge < -0.3 is 10.1 Å². The molecule has 1 aromatic rings. The quantitative estimate of drug-likeness (QED) is 0.895. The molecule has 1 aromatic carbocycles. The van der Waals surface area contributed by atoms with Crippen LogP contribution in [-0.2, 0) is 6.54 Å². The molecule has 0 saturated heterocycles. The molecule has 2 unspecified atom stereocenters. The highest BCUT2D eigenvalue weighted by atomic mass is 19.1. The Morgan fingerprint density at radius 3 is 2.53 bits per heavy atom. The molecule has 1 N–H and O–H groups in total. The third-order valence-corrected chi connectivity index (χ3v) is 3.84. The maximum Gasteiger partial charge on any atom is 0.165 e. The number of hydrogen-bond donors (Lipinski definition) is 1. The zero-order chi connectivity index (χ0) is 13.8. The Kier molecular flexibility index (Phi) is 4.81. The number of halogens is 1. The highest BCUT2D eigenvalue weighted by molar-refractivity contribution is 5.35. The minimum atomic E-state index is -0.251. The summed E-state index contributed by atoms with van der Waals surface area (Å²) in [5.41, 5.74) is 0.897. The molecule has 1 aliphatic carbocycles. The number of para-hydroxylation sites is 1. The summed E-state index contributed by atoms with van der Waals surface area (Å²) >= 11 is 0. The van der Waals surface area contributed by atoms with Crippen molar-refractivity contribution in [2.24, 2.45) is 11.8 Å². The average Bonchev–Trinajstić information content (AvgIpc) is 2.32. The van der Waals surface area contributed by atoms with Gasteiger partial charge in [-0.2, -0.15) is 0 Å². The standard InChI is InChI=1S/C16H24FNO/c1-11-7-12(2)9-14(8-11)19-16-13(10-18-3)5-4-6-15(16)17/h4-6,11-12,14,18H,7-10H2,1-3H3. The molecule has 0 aliphatic heterocycles. The third-order valence-electron chi connectivity index (χ3n) is 3.84. The van der Waals surface area contributed by atoms with Gasteiger partial charge in [0.15, 0.2) is 11.6 Å². The first-order valence-electron chi connectivity index (χ1n) is 7.18. The molecule has 2 rings (SSSR count). The molecule has 1 aliphatic rings. The molecule has 0 heterocycles. The van der Waals surface area contributed by atoms with E-state index in [0.717, 1.165) is 18.4 Å². The smallest absolute Gasteiger partial charge is 0.165 e. The molecule has 2 nitrogen and oxygen atoms in total. The van der Waals surface area contributed by atoms with Crippen LogP contribution in [0.2, 0.25) is 0 Å². The van der Waals surface area contributed by atoms with Crippen LogP contribution in [0.4, 0.5) is 4.39 Å². The maximum atomic E-state index is 14.0. The highest BCUT2D eigenvalue weighted by Gasteiger charge is 2.26. The molecular weight excluding hydrogens is 241 g/mol. The second kappa shape index (κ2) is 6.38. The lowest BCUT2D eigenvalue weighted by atomic mass is 9.82. The molecule has 0 aromatic heterocycles. The molecule has 0 amide bonds. The molecule has 1 fully saturated rings. The van der Waals surface area contributed by atoms with Crippen molar-refractivity contribution in [2.75, 3.05) is 7.05 Å². The van der Waals surface area contributed by atoms with Crippen molar-refractivity contribution in [3.05, 3.63) is 29.6 Å². The second-order valence-electron chi connectivity index (χ2n) is 5.92. The monoisotopic (exact) mass is 265 g/mol. The third kappa shape index (κ3) is 3.69. The molecule has 0 radical (unpaired) electrons. The van der Waals surface area contributed by atoms with Gasteiger partial charge in [0.2, 0.25) is 0 Å². The molecular formula is C16H24FNO. The van der Waals surface area contributed by atoms with Gasteiger partial charge >= 0.3 is 0 Å². The topological polar surface area (TPSA) is 21.3 Å². The lowest BCUT2D eigenvalue weighted by Gasteiger charge is -2.32. The van der Waals surface area contributed by atoms with Gasteiger partial charge in [-0.25, -0.2) is 4.39 Å². The molecule has 0 spiro atoms. The van der Waals surface area contributed by atoms with Gasteiger partial charge in [0.1, 0.15) is 0 Å². The van der Waals surface area contributed by atoms with E-state index in [-0.39, 0.29) is 11.9 Å². The van der Waals surface area contributed by atoms with E-state index in [2.05, 4.69) is 19.2 Å². The summed E-state index contributed by atoms with van der Waals surface area (Å²) in [6.45, 7) is 5.13. The Labute approximate surface area is 115 Å². The second-order valence-corrected chi connectivity index (χ2v) is 5.92. The molecule has 106 valence electrons. The van der Waals surface area contributed by atoms with E-state index >= 15 is 0 Å². The van der Waals surface area contributed by atoms with E-state index in [9.17, 15) is 4.39 Å². The zero-order valence-electron chi connectivity index (χ0n) is 12.1. The van der Waals surface area contributed by atoms with Crippen molar-refractivity contribution in [3.63, 3.8) is 0 Å². The summed E-state index contributed by atoms with van der Waals surface area (Å²) in [5, 5.41) is 3.06. The molecule has 3 heteroatoms. The zero-order valence-corrected chi connectivity index (χ0v) is 12.1. The fourth-order valence-corrected chi connectivity index (χ4v) is 3.15. The van der Waals surface area contributed by atoms with Crippen LogP contribution in [0.3, 0.4) is 0 Å². The first kappa shape index (κ1) is 14.3. The molecule has 19 heavy (non-hydrogen) atoms. The summed E-state index contributed by atoms with van der Waals surface area (Å²) in [6, 6.07) is 5.13. The van der Waals surface area contributed by atoms with E-state index in [1.54, 1.807) is 6.07 Å². The van der Waals surface area contributed by atoms with E-state index in [1.165, 1.54) is 12.5 Å². The maximum absolute atomic E-state index is 14.0. The van der Waals surface area contributed by atoms with Gasteiger partial charge in [0.25, 0.3) is 0 Å². The normalized spacial score (nSPS) is 27.3. The fourth-order valence-electron chi connectivity index (χ4n) is 3.15. The van der Waals surface area contributed by atoms with Crippen molar-refractivity contribution in [1.29, 1.82) is 0 Å². The largest absolute Gasteiger partial charge is 0.487 e. The first-order chi connectivity index (χ1) is 9.10. The van der Waals surface area contributed by atoms with Gasteiger partial charge in [0, 0.05) is 12.1 Å². The molecule has 2 atom stereocenters. The fraction of sp³-hybridized carbons (Fsp3) is 0.625. The van der Waals surface area contributed by atoms with Crippen molar-refractivity contribution in [1.82, 2.24) is 5.32 Å².